The summed E-state index contributed by atoms with van der Waals surface area (Å²) in [6, 6.07) is 0. The minimum absolute atomic E-state index is 0.278. The van der Waals surface area contributed by atoms with Crippen LogP contribution in [0.25, 0.3) is 0 Å². The molecule has 0 rings (SSSR count). The fourth-order valence-electron chi connectivity index (χ4n) is 0.142. The second kappa shape index (κ2) is 2.84. The maximum Gasteiger partial charge on any atom is 0.113 e. The number of nitrogens with two attached hydrogens (primary N) is 1. The van der Waals surface area contributed by atoms with Crippen molar-refractivity contribution in [3.8, 4) is 0 Å². The van der Waals surface area contributed by atoms with E-state index in [4.69, 9.17) is 5.84 Å². The molecule has 0 amide bonds. The minimum atomic E-state index is -0.329. The van der Waals surface area contributed by atoms with Crippen molar-refractivity contribution in [2.45, 2.75) is 0 Å². The van der Waals surface area contributed by atoms with E-state index < -0.39 is 0 Å². The molecule has 0 saturated carbocycles. The summed E-state index contributed by atoms with van der Waals surface area (Å²) in [5.41, 5.74) is 0. The van der Waals surface area contributed by atoms with Crippen LogP contribution >= 0.6 is 0 Å². The summed E-state index contributed by atoms with van der Waals surface area (Å²) >= 11 is 0. The van der Waals surface area contributed by atoms with Crippen molar-refractivity contribution in [2.24, 2.45) is 5.84 Å². The van der Waals surface area contributed by atoms with Crippen LogP contribution in [-0.2, 0) is 0 Å². The van der Waals surface area contributed by atoms with Crippen LogP contribution in [0.3, 0.4) is 0 Å². The van der Waals surface area contributed by atoms with Crippen LogP contribution in [0.5, 0.6) is 0 Å². The molecule has 0 aliphatic rings. The van der Waals surface area contributed by atoms with E-state index in [-0.39, 0.29) is 11.7 Å². The first-order chi connectivity index (χ1) is 2.77. The van der Waals surface area contributed by atoms with Gasteiger partial charge in [-0.15, -0.1) is 0 Å². The average molecular weight is 88.1 g/mol. The number of quaternary nitrogens is 1. The van der Waals surface area contributed by atoms with Crippen molar-refractivity contribution in [1.82, 2.24) is 0 Å². The van der Waals surface area contributed by atoms with Crippen molar-refractivity contribution < 1.29 is 5.17 Å². The molecule has 1 unspecified atom stereocenters. The van der Waals surface area contributed by atoms with Crippen LogP contribution in [-0.4, -0.2) is 6.54 Å². The van der Waals surface area contributed by atoms with Gasteiger partial charge in [-0.2, -0.15) is 5.84 Å². The van der Waals surface area contributed by atoms with Crippen molar-refractivity contribution in [3.05, 3.63) is 17.9 Å². The van der Waals surface area contributed by atoms with E-state index in [1.807, 2.05) is 0 Å². The fraction of sp³-hybridized carbons (Fsp3) is 0.333. The summed E-state index contributed by atoms with van der Waals surface area (Å²) in [6.07, 6.45) is 1.47. The van der Waals surface area contributed by atoms with Gasteiger partial charge < -0.3 is 5.21 Å². The predicted molar refractivity (Wildman–Crippen MR) is 23.6 cm³/mol. The van der Waals surface area contributed by atoms with Gasteiger partial charge in [-0.3, -0.25) is 5.17 Å². The van der Waals surface area contributed by atoms with Gasteiger partial charge in [0.15, 0.2) is 0 Å². The molecule has 0 aromatic heterocycles. The van der Waals surface area contributed by atoms with E-state index in [9.17, 15) is 5.21 Å². The maximum absolute atomic E-state index is 9.75. The predicted octanol–water partition coefficient (Wildman–Crippen LogP) is -1.57. The lowest BCUT2D eigenvalue weighted by Gasteiger charge is -2.09. The molecule has 3 heteroatoms. The van der Waals surface area contributed by atoms with Gasteiger partial charge in [0.05, 0.1) is 0 Å². The van der Waals surface area contributed by atoms with Crippen LogP contribution < -0.4 is 11.0 Å². The Hall–Kier alpha value is -0.380. The lowest BCUT2D eigenvalue weighted by Crippen LogP contribution is -3.12. The Morgan fingerprint density at radius 3 is 2.50 bits per heavy atom. The molecule has 3 N–H and O–H groups in total. The lowest BCUT2D eigenvalue weighted by atomic mass is 10.7. The molecule has 0 fully saturated rings. The molecule has 0 spiro atoms. The highest BCUT2D eigenvalue weighted by Gasteiger charge is 1.73. The fourth-order valence-corrected chi connectivity index (χ4v) is 0.142. The molecule has 3 nitrogen and oxygen atoms in total. The Kier molecular flexibility index (Phi) is 2.66. The van der Waals surface area contributed by atoms with Gasteiger partial charge in [-0.05, 0) is 6.08 Å². The van der Waals surface area contributed by atoms with Gasteiger partial charge in [0.25, 0.3) is 0 Å². The molecular formula is C3H8N2O. The molecule has 0 heterocycles. The maximum atomic E-state index is 9.75. The lowest BCUT2D eigenvalue weighted by molar-refractivity contribution is -0.854. The SMILES string of the molecule is C=CC[NH+](N)[O-]. The molecule has 0 saturated heterocycles. The van der Waals surface area contributed by atoms with Crippen molar-refractivity contribution in [3.63, 3.8) is 0 Å². The van der Waals surface area contributed by atoms with Gasteiger partial charge in [0, 0.05) is 0 Å². The zero-order valence-corrected chi connectivity index (χ0v) is 3.48. The second-order valence-electron chi connectivity index (χ2n) is 0.959. The number of rotatable bonds is 2. The number of hydrogen-bond acceptors (Lipinski definition) is 2. The van der Waals surface area contributed by atoms with E-state index in [2.05, 4.69) is 6.58 Å². The van der Waals surface area contributed by atoms with Gasteiger partial charge in [0.1, 0.15) is 6.54 Å². The number of nitrogens with one attached hydrogen (secondary N) is 1. The topological polar surface area (TPSA) is 53.5 Å². The first kappa shape index (κ1) is 5.62. The Bertz CT molecular complexity index is 44.1. The third-order valence-electron chi connectivity index (χ3n) is 0.346. The zero-order chi connectivity index (χ0) is 4.99. The first-order valence-electron chi connectivity index (χ1n) is 1.66. The van der Waals surface area contributed by atoms with E-state index in [0.717, 1.165) is 0 Å². The third-order valence-corrected chi connectivity index (χ3v) is 0.346. The molecule has 36 valence electrons. The van der Waals surface area contributed by atoms with Crippen molar-refractivity contribution in [1.29, 1.82) is 0 Å². The third kappa shape index (κ3) is 3.62. The van der Waals surface area contributed by atoms with Gasteiger partial charge >= 0.3 is 0 Å². The van der Waals surface area contributed by atoms with Gasteiger partial charge in [0.2, 0.25) is 0 Å². The van der Waals surface area contributed by atoms with Gasteiger partial charge in [-0.1, -0.05) is 6.58 Å². The summed E-state index contributed by atoms with van der Waals surface area (Å²) in [4.78, 5) is 0. The smallest absolute Gasteiger partial charge is 0.113 e. The molecule has 0 aromatic rings. The van der Waals surface area contributed by atoms with Gasteiger partial charge in [-0.25, -0.2) is 0 Å². The average Bonchev–Trinajstić information content (AvgIpc) is 1.35. The van der Waals surface area contributed by atoms with Crippen LogP contribution in [0.15, 0.2) is 12.7 Å². The van der Waals surface area contributed by atoms with Crippen molar-refractivity contribution in [2.75, 3.05) is 6.54 Å². The Morgan fingerprint density at radius 1 is 2.00 bits per heavy atom. The normalized spacial score (nSPS) is 13.7. The highest BCUT2D eigenvalue weighted by atomic mass is 16.5. The minimum Gasteiger partial charge on any atom is -0.613 e. The van der Waals surface area contributed by atoms with E-state index in [1.54, 1.807) is 0 Å². The Balaban J connectivity index is 2.81. The molecule has 6 heavy (non-hydrogen) atoms. The first-order valence-corrected chi connectivity index (χ1v) is 1.66. The molecule has 0 aliphatic heterocycles. The van der Waals surface area contributed by atoms with E-state index in [0.29, 0.717) is 0 Å². The summed E-state index contributed by atoms with van der Waals surface area (Å²) < 4.78 is 0. The summed E-state index contributed by atoms with van der Waals surface area (Å²) in [7, 11) is 0. The highest BCUT2D eigenvalue weighted by molar-refractivity contribution is 4.61. The van der Waals surface area contributed by atoms with Crippen molar-refractivity contribution >= 4 is 0 Å². The van der Waals surface area contributed by atoms with Crippen LogP contribution in [0.1, 0.15) is 0 Å². The summed E-state index contributed by atoms with van der Waals surface area (Å²) in [6.45, 7) is 3.58. The summed E-state index contributed by atoms with van der Waals surface area (Å²) in [5.74, 6) is 4.69. The Labute approximate surface area is 36.6 Å². The highest BCUT2D eigenvalue weighted by Crippen LogP contribution is 1.41. The molecular weight excluding hydrogens is 80.0 g/mol. The summed E-state index contributed by atoms with van der Waals surface area (Å²) in [5, 5.41) is 9.42. The molecule has 0 bridgehead atoms. The van der Waals surface area contributed by atoms with Crippen LogP contribution in [0, 0.1) is 5.21 Å². The molecule has 1 atom stereocenters. The molecule has 0 aliphatic carbocycles. The standard InChI is InChI=1S/C3H8N2O/c1-2-3-5(4)6/h2,5H,1,3-4H2. The largest absolute Gasteiger partial charge is 0.613 e. The van der Waals surface area contributed by atoms with E-state index in [1.165, 1.54) is 6.08 Å². The monoisotopic (exact) mass is 88.1 g/mol. The zero-order valence-electron chi connectivity index (χ0n) is 3.48. The van der Waals surface area contributed by atoms with E-state index >= 15 is 0 Å². The second-order valence-corrected chi connectivity index (χ2v) is 0.959. The number of hydroxylamine groups is 1. The quantitative estimate of drug-likeness (QED) is 0.243. The molecule has 0 radical (unpaired) electrons. The number of hydrogen-bond donors (Lipinski definition) is 2. The Morgan fingerprint density at radius 2 is 2.50 bits per heavy atom. The van der Waals surface area contributed by atoms with Crippen LogP contribution in [0.4, 0.5) is 0 Å². The molecule has 0 aromatic carbocycles. The van der Waals surface area contributed by atoms with Crippen LogP contribution in [0.2, 0.25) is 0 Å².